The molecule has 0 bridgehead atoms. The lowest BCUT2D eigenvalue weighted by Gasteiger charge is -2.12. The van der Waals surface area contributed by atoms with Gasteiger partial charge in [-0.05, 0) is 55.2 Å². The number of hydrogen-bond acceptors (Lipinski definition) is 4. The Kier molecular flexibility index (Phi) is 4.68. The van der Waals surface area contributed by atoms with Crippen molar-refractivity contribution >= 4 is 17.5 Å². The van der Waals surface area contributed by atoms with Gasteiger partial charge in [0, 0.05) is 16.4 Å². The second kappa shape index (κ2) is 7.12. The van der Waals surface area contributed by atoms with Gasteiger partial charge in [-0.15, -0.1) is 11.8 Å². The number of ketones is 1. The SMILES string of the molecule is CSc1cccc(Cc2ccccc2-c2oncc2C(=O)C2CC2)c1C. The third-order valence-electron chi connectivity index (χ3n) is 5.04. The summed E-state index contributed by atoms with van der Waals surface area (Å²) in [5.41, 5.74) is 5.33. The van der Waals surface area contributed by atoms with Crippen LogP contribution in [0.3, 0.4) is 0 Å². The first-order chi connectivity index (χ1) is 12.7. The number of aromatic nitrogens is 1. The molecule has 26 heavy (non-hydrogen) atoms. The first kappa shape index (κ1) is 17.1. The smallest absolute Gasteiger partial charge is 0.177 e. The molecule has 0 N–H and O–H groups in total. The Morgan fingerprint density at radius 1 is 1.15 bits per heavy atom. The number of benzene rings is 2. The molecule has 1 saturated carbocycles. The predicted octanol–water partition coefficient (Wildman–Crippen LogP) is 5.56. The Morgan fingerprint density at radius 2 is 1.92 bits per heavy atom. The molecule has 0 aliphatic heterocycles. The molecule has 1 fully saturated rings. The molecule has 1 aliphatic carbocycles. The summed E-state index contributed by atoms with van der Waals surface area (Å²) in [5.74, 6) is 0.925. The Balaban J connectivity index is 1.73. The maximum atomic E-state index is 12.6. The standard InChI is InChI=1S/C22H21NO2S/c1-14-16(7-5-9-20(14)26-2)12-17-6-3-4-8-18(17)22-19(13-23-25-22)21(24)15-10-11-15/h3-9,13,15H,10-12H2,1-2H3. The Labute approximate surface area is 157 Å². The van der Waals surface area contributed by atoms with E-state index in [-0.39, 0.29) is 11.7 Å². The summed E-state index contributed by atoms with van der Waals surface area (Å²) in [5, 5.41) is 3.92. The zero-order chi connectivity index (χ0) is 18.1. The molecule has 0 radical (unpaired) electrons. The number of thioether (sulfide) groups is 1. The molecule has 1 aromatic heterocycles. The van der Waals surface area contributed by atoms with Crippen molar-refractivity contribution in [3.05, 3.63) is 70.9 Å². The van der Waals surface area contributed by atoms with Crippen LogP contribution in [0.5, 0.6) is 0 Å². The molecule has 3 nitrogen and oxygen atoms in total. The lowest BCUT2D eigenvalue weighted by atomic mass is 9.94. The van der Waals surface area contributed by atoms with Gasteiger partial charge in [-0.2, -0.15) is 0 Å². The first-order valence-electron chi connectivity index (χ1n) is 8.88. The van der Waals surface area contributed by atoms with Gasteiger partial charge in [-0.1, -0.05) is 41.6 Å². The van der Waals surface area contributed by atoms with Crippen LogP contribution in [0, 0.1) is 12.8 Å². The highest BCUT2D eigenvalue weighted by atomic mass is 32.2. The summed E-state index contributed by atoms with van der Waals surface area (Å²) in [6.45, 7) is 2.17. The Hall–Kier alpha value is -2.33. The van der Waals surface area contributed by atoms with Gasteiger partial charge in [-0.25, -0.2) is 0 Å². The van der Waals surface area contributed by atoms with E-state index in [9.17, 15) is 4.79 Å². The Bertz CT molecular complexity index is 956. The van der Waals surface area contributed by atoms with E-state index in [0.717, 1.165) is 30.4 Å². The van der Waals surface area contributed by atoms with E-state index in [4.69, 9.17) is 4.52 Å². The van der Waals surface area contributed by atoms with Crippen molar-refractivity contribution in [2.75, 3.05) is 6.26 Å². The van der Waals surface area contributed by atoms with Crippen LogP contribution in [-0.2, 0) is 6.42 Å². The summed E-state index contributed by atoms with van der Waals surface area (Å²) in [7, 11) is 0. The van der Waals surface area contributed by atoms with E-state index in [1.54, 1.807) is 18.0 Å². The Morgan fingerprint density at radius 3 is 2.69 bits per heavy atom. The van der Waals surface area contributed by atoms with Crippen LogP contribution < -0.4 is 0 Å². The number of Topliss-reactive ketones (excluding diaryl/α,β-unsaturated/α-hetero) is 1. The summed E-state index contributed by atoms with van der Waals surface area (Å²) in [6, 6.07) is 14.6. The zero-order valence-electron chi connectivity index (χ0n) is 15.0. The highest BCUT2D eigenvalue weighted by molar-refractivity contribution is 7.98. The first-order valence-corrected chi connectivity index (χ1v) is 10.1. The van der Waals surface area contributed by atoms with Crippen LogP contribution in [0.25, 0.3) is 11.3 Å². The monoisotopic (exact) mass is 363 g/mol. The van der Waals surface area contributed by atoms with E-state index in [1.807, 2.05) is 18.2 Å². The maximum Gasteiger partial charge on any atom is 0.177 e. The van der Waals surface area contributed by atoms with Crippen LogP contribution in [0.15, 0.2) is 58.1 Å². The van der Waals surface area contributed by atoms with Crippen LogP contribution in [0.2, 0.25) is 0 Å². The molecule has 0 saturated heterocycles. The van der Waals surface area contributed by atoms with Crippen molar-refractivity contribution in [3.8, 4) is 11.3 Å². The molecule has 132 valence electrons. The third-order valence-corrected chi connectivity index (χ3v) is 5.93. The van der Waals surface area contributed by atoms with Gasteiger partial charge in [0.2, 0.25) is 0 Å². The minimum atomic E-state index is 0.154. The van der Waals surface area contributed by atoms with Gasteiger partial charge in [0.1, 0.15) is 0 Å². The molecular formula is C22H21NO2S. The van der Waals surface area contributed by atoms with E-state index >= 15 is 0 Å². The number of hydrogen-bond donors (Lipinski definition) is 0. The molecule has 3 aromatic rings. The summed E-state index contributed by atoms with van der Waals surface area (Å²) in [6.07, 6.45) is 6.43. The predicted molar refractivity (Wildman–Crippen MR) is 105 cm³/mol. The average Bonchev–Trinajstić information content (AvgIpc) is 3.40. The van der Waals surface area contributed by atoms with E-state index in [0.29, 0.717) is 11.3 Å². The number of carbonyl (C=O) groups is 1. The molecule has 0 unspecified atom stereocenters. The highest BCUT2D eigenvalue weighted by Crippen LogP contribution is 2.37. The number of nitrogens with zero attached hydrogens (tertiary/aromatic N) is 1. The number of carbonyl (C=O) groups excluding carboxylic acids is 1. The molecule has 0 spiro atoms. The number of rotatable bonds is 6. The average molecular weight is 363 g/mol. The van der Waals surface area contributed by atoms with E-state index in [1.165, 1.54) is 16.0 Å². The van der Waals surface area contributed by atoms with Crippen LogP contribution in [0.1, 0.15) is 39.9 Å². The normalized spacial score (nSPS) is 13.8. The van der Waals surface area contributed by atoms with Gasteiger partial charge in [0.05, 0.1) is 11.8 Å². The minimum Gasteiger partial charge on any atom is -0.356 e. The van der Waals surface area contributed by atoms with Gasteiger partial charge in [0.25, 0.3) is 0 Å². The van der Waals surface area contributed by atoms with Crippen molar-refractivity contribution in [3.63, 3.8) is 0 Å². The van der Waals surface area contributed by atoms with Gasteiger partial charge < -0.3 is 4.52 Å². The summed E-state index contributed by atoms with van der Waals surface area (Å²) in [4.78, 5) is 13.9. The molecule has 4 heteroatoms. The lowest BCUT2D eigenvalue weighted by molar-refractivity contribution is 0.0968. The van der Waals surface area contributed by atoms with E-state index in [2.05, 4.69) is 42.6 Å². The second-order valence-corrected chi connectivity index (χ2v) is 7.63. The van der Waals surface area contributed by atoms with Crippen molar-refractivity contribution in [2.45, 2.75) is 31.1 Å². The second-order valence-electron chi connectivity index (χ2n) is 6.79. The summed E-state index contributed by atoms with van der Waals surface area (Å²) >= 11 is 1.77. The zero-order valence-corrected chi connectivity index (χ0v) is 15.8. The van der Waals surface area contributed by atoms with Crippen LogP contribution in [-0.4, -0.2) is 17.2 Å². The lowest BCUT2D eigenvalue weighted by Crippen LogP contribution is -2.02. The fourth-order valence-electron chi connectivity index (χ4n) is 3.35. The van der Waals surface area contributed by atoms with Gasteiger partial charge >= 0.3 is 0 Å². The largest absolute Gasteiger partial charge is 0.356 e. The molecule has 4 rings (SSSR count). The fraction of sp³-hybridized carbons (Fsp3) is 0.273. The van der Waals surface area contributed by atoms with Crippen molar-refractivity contribution < 1.29 is 9.32 Å². The molecule has 1 heterocycles. The minimum absolute atomic E-state index is 0.154. The van der Waals surface area contributed by atoms with Crippen molar-refractivity contribution in [1.82, 2.24) is 5.16 Å². The third kappa shape index (κ3) is 3.21. The summed E-state index contributed by atoms with van der Waals surface area (Å²) < 4.78 is 5.53. The molecule has 2 aromatic carbocycles. The van der Waals surface area contributed by atoms with Crippen molar-refractivity contribution in [2.24, 2.45) is 5.92 Å². The molecular weight excluding hydrogens is 342 g/mol. The topological polar surface area (TPSA) is 43.1 Å². The molecule has 1 aliphatic rings. The molecule has 0 atom stereocenters. The van der Waals surface area contributed by atoms with Gasteiger partial charge in [-0.3, -0.25) is 4.79 Å². The molecule has 0 amide bonds. The van der Waals surface area contributed by atoms with Gasteiger partial charge in [0.15, 0.2) is 11.5 Å². The highest BCUT2D eigenvalue weighted by Gasteiger charge is 2.33. The maximum absolute atomic E-state index is 12.6. The van der Waals surface area contributed by atoms with Crippen LogP contribution >= 0.6 is 11.8 Å². The fourth-order valence-corrected chi connectivity index (χ4v) is 4.00. The van der Waals surface area contributed by atoms with Crippen LogP contribution in [0.4, 0.5) is 0 Å². The quantitative estimate of drug-likeness (QED) is 0.425. The van der Waals surface area contributed by atoms with E-state index < -0.39 is 0 Å². The van der Waals surface area contributed by atoms with Crippen molar-refractivity contribution in [1.29, 1.82) is 0 Å².